The van der Waals surface area contributed by atoms with Gasteiger partial charge in [-0.2, -0.15) is 11.3 Å². The topological polar surface area (TPSA) is 111 Å². The van der Waals surface area contributed by atoms with E-state index in [1.54, 1.807) is 11.6 Å². The molecule has 4 amide bonds. The van der Waals surface area contributed by atoms with Crippen molar-refractivity contribution >= 4 is 46.3 Å². The van der Waals surface area contributed by atoms with Crippen LogP contribution in [0.5, 0.6) is 0 Å². The zero-order valence-electron chi connectivity index (χ0n) is 20.3. The molecule has 37 heavy (non-hydrogen) atoms. The lowest BCUT2D eigenvalue weighted by molar-refractivity contribution is -0.121. The Morgan fingerprint density at radius 1 is 0.946 bits per heavy atom. The van der Waals surface area contributed by atoms with Gasteiger partial charge in [0.25, 0.3) is 5.91 Å². The van der Waals surface area contributed by atoms with E-state index < -0.39 is 5.91 Å². The van der Waals surface area contributed by atoms with Crippen molar-refractivity contribution in [3.8, 4) is 0 Å². The first-order valence-corrected chi connectivity index (χ1v) is 14.1. The van der Waals surface area contributed by atoms with Crippen molar-refractivity contribution in [2.45, 2.75) is 25.2 Å². The number of aromatic nitrogens is 2. The summed E-state index contributed by atoms with van der Waals surface area (Å²) in [4.78, 5) is 52.5. The summed E-state index contributed by atoms with van der Waals surface area (Å²) in [6, 6.07) is 7.85. The number of anilines is 1. The second kappa shape index (κ2) is 11.7. The predicted molar refractivity (Wildman–Crippen MR) is 143 cm³/mol. The second-order valence-electron chi connectivity index (χ2n) is 9.09. The fourth-order valence-corrected chi connectivity index (χ4v) is 6.22. The van der Waals surface area contributed by atoms with Crippen LogP contribution in [0.4, 0.5) is 10.6 Å². The van der Waals surface area contributed by atoms with Crippen LogP contribution in [0.25, 0.3) is 0 Å². The summed E-state index contributed by atoms with van der Waals surface area (Å²) in [5.74, 6) is 0.452. The lowest BCUT2D eigenvalue weighted by Gasteiger charge is -2.39. The summed E-state index contributed by atoms with van der Waals surface area (Å²) in [6.07, 6.45) is 3.63. The Bertz CT molecular complexity index is 1200. The molecule has 12 heteroatoms. The van der Waals surface area contributed by atoms with Crippen molar-refractivity contribution in [1.82, 2.24) is 30.6 Å². The maximum atomic E-state index is 13.1. The third kappa shape index (κ3) is 6.25. The van der Waals surface area contributed by atoms with Crippen molar-refractivity contribution in [2.75, 3.05) is 44.2 Å². The maximum Gasteiger partial charge on any atom is 0.320 e. The SMILES string of the molecule is O=C(Cc1ccsc1)NNC(=O)c1csc(C2CCN(C(=O)N3CCN(c4ccccn4)CC3)CC2)n1. The number of pyridine rings is 1. The van der Waals surface area contributed by atoms with Crippen LogP contribution < -0.4 is 15.8 Å². The third-order valence-electron chi connectivity index (χ3n) is 6.65. The quantitative estimate of drug-likeness (QED) is 0.483. The zero-order chi connectivity index (χ0) is 25.6. The standard InChI is InChI=1S/C25H29N7O3S2/c33-22(15-18-6-14-36-16-18)28-29-23(34)20-17-37-24(27-20)19-4-8-31(9-5-19)25(35)32-12-10-30(11-13-32)21-3-1-2-7-26-21/h1-3,6-7,14,16-17,19H,4-5,8-13,15H2,(H,28,33)(H,29,34). The van der Waals surface area contributed by atoms with Crippen LogP contribution in [-0.4, -0.2) is 76.9 Å². The molecule has 0 unspecified atom stereocenters. The largest absolute Gasteiger partial charge is 0.353 e. The van der Waals surface area contributed by atoms with Crippen molar-refractivity contribution in [3.05, 3.63) is 62.9 Å². The molecule has 2 N–H and O–H groups in total. The van der Waals surface area contributed by atoms with Gasteiger partial charge in [0.2, 0.25) is 5.91 Å². The average molecular weight is 540 g/mol. The van der Waals surface area contributed by atoms with Gasteiger partial charge in [0.1, 0.15) is 11.5 Å². The number of hydrazine groups is 1. The molecule has 2 aliphatic rings. The van der Waals surface area contributed by atoms with E-state index >= 15 is 0 Å². The minimum atomic E-state index is -0.432. The number of hydrogen-bond donors (Lipinski definition) is 2. The number of piperidine rings is 1. The first kappa shape index (κ1) is 25.2. The van der Waals surface area contributed by atoms with Crippen LogP contribution in [0.2, 0.25) is 0 Å². The molecule has 5 rings (SSSR count). The van der Waals surface area contributed by atoms with Crippen molar-refractivity contribution in [1.29, 1.82) is 0 Å². The Morgan fingerprint density at radius 2 is 1.73 bits per heavy atom. The predicted octanol–water partition coefficient (Wildman–Crippen LogP) is 2.72. The lowest BCUT2D eigenvalue weighted by Crippen LogP contribution is -2.54. The molecule has 0 saturated carbocycles. The number of piperazine rings is 1. The van der Waals surface area contributed by atoms with Crippen LogP contribution in [0.3, 0.4) is 0 Å². The number of rotatable bonds is 5. The number of urea groups is 1. The number of nitrogens with zero attached hydrogens (tertiary/aromatic N) is 5. The van der Waals surface area contributed by atoms with Gasteiger partial charge >= 0.3 is 6.03 Å². The number of nitrogens with one attached hydrogen (secondary N) is 2. The van der Waals surface area contributed by atoms with Gasteiger partial charge < -0.3 is 14.7 Å². The number of likely N-dealkylation sites (tertiary alicyclic amines) is 1. The van der Waals surface area contributed by atoms with Gasteiger partial charge in [-0.1, -0.05) is 6.07 Å². The number of thiazole rings is 1. The Kier molecular flexibility index (Phi) is 7.95. The molecule has 0 bridgehead atoms. The van der Waals surface area contributed by atoms with Crippen LogP contribution in [0.1, 0.15) is 39.8 Å². The molecule has 10 nitrogen and oxygen atoms in total. The monoisotopic (exact) mass is 539 g/mol. The van der Waals surface area contributed by atoms with E-state index in [9.17, 15) is 14.4 Å². The fraction of sp³-hybridized carbons (Fsp3) is 0.400. The molecule has 194 valence electrons. The molecule has 5 heterocycles. The van der Waals surface area contributed by atoms with Gasteiger partial charge in [-0.3, -0.25) is 20.4 Å². The summed E-state index contributed by atoms with van der Waals surface area (Å²) in [6.45, 7) is 4.26. The van der Waals surface area contributed by atoms with Gasteiger partial charge in [-0.05, 0) is 47.4 Å². The maximum absolute atomic E-state index is 13.1. The molecule has 3 aromatic heterocycles. The molecule has 0 aliphatic carbocycles. The van der Waals surface area contributed by atoms with Crippen LogP contribution in [-0.2, 0) is 11.2 Å². The highest BCUT2D eigenvalue weighted by Gasteiger charge is 2.30. The number of thiophene rings is 1. The van der Waals surface area contributed by atoms with Crippen molar-refractivity contribution in [3.63, 3.8) is 0 Å². The zero-order valence-corrected chi connectivity index (χ0v) is 22.0. The summed E-state index contributed by atoms with van der Waals surface area (Å²) in [5, 5.41) is 6.42. The summed E-state index contributed by atoms with van der Waals surface area (Å²) >= 11 is 2.97. The summed E-state index contributed by atoms with van der Waals surface area (Å²) in [5.41, 5.74) is 6.09. The Balaban J connectivity index is 1.06. The van der Waals surface area contributed by atoms with Gasteiger partial charge in [0, 0.05) is 56.8 Å². The molecule has 0 spiro atoms. The molecular weight excluding hydrogens is 510 g/mol. The van der Waals surface area contributed by atoms with E-state index in [2.05, 4.69) is 25.7 Å². The number of hydrogen-bond acceptors (Lipinski definition) is 8. The smallest absolute Gasteiger partial charge is 0.320 e. The summed E-state index contributed by atoms with van der Waals surface area (Å²) in [7, 11) is 0. The molecule has 0 radical (unpaired) electrons. The lowest BCUT2D eigenvalue weighted by atomic mass is 9.98. The highest BCUT2D eigenvalue weighted by Crippen LogP contribution is 2.31. The minimum Gasteiger partial charge on any atom is -0.353 e. The van der Waals surface area contributed by atoms with Gasteiger partial charge in [0.05, 0.1) is 11.4 Å². The molecular formula is C25H29N7O3S2. The number of carbonyl (C=O) groups is 3. The van der Waals surface area contributed by atoms with Gasteiger partial charge in [0.15, 0.2) is 0 Å². The fourth-order valence-electron chi connectivity index (χ4n) is 4.58. The van der Waals surface area contributed by atoms with Crippen LogP contribution >= 0.6 is 22.7 Å². The van der Waals surface area contributed by atoms with Gasteiger partial charge in [-0.25, -0.2) is 14.8 Å². The highest BCUT2D eigenvalue weighted by atomic mass is 32.1. The highest BCUT2D eigenvalue weighted by molar-refractivity contribution is 7.10. The molecule has 3 aromatic rings. The van der Waals surface area contributed by atoms with E-state index in [0.29, 0.717) is 31.9 Å². The Labute approximate surface area is 223 Å². The number of carbonyl (C=O) groups excluding carboxylic acids is 3. The van der Waals surface area contributed by atoms with E-state index in [1.165, 1.54) is 22.7 Å². The Hall–Kier alpha value is -3.51. The van der Waals surface area contributed by atoms with Gasteiger partial charge in [-0.15, -0.1) is 11.3 Å². The normalized spacial score (nSPS) is 16.5. The molecule has 0 atom stereocenters. The molecule has 2 saturated heterocycles. The van der Waals surface area contributed by atoms with Crippen LogP contribution in [0, 0.1) is 0 Å². The molecule has 2 aliphatic heterocycles. The summed E-state index contributed by atoms with van der Waals surface area (Å²) < 4.78 is 0. The van der Waals surface area contributed by atoms with E-state index in [0.717, 1.165) is 42.3 Å². The molecule has 2 fully saturated rings. The van der Waals surface area contributed by atoms with Crippen LogP contribution in [0.15, 0.2) is 46.6 Å². The average Bonchev–Trinajstić information content (AvgIpc) is 3.65. The van der Waals surface area contributed by atoms with Crippen molar-refractivity contribution in [2.24, 2.45) is 0 Å². The molecule has 0 aromatic carbocycles. The minimum absolute atomic E-state index is 0.0940. The second-order valence-corrected chi connectivity index (χ2v) is 10.8. The first-order valence-electron chi connectivity index (χ1n) is 12.3. The van der Waals surface area contributed by atoms with E-state index in [1.807, 2.05) is 44.8 Å². The third-order valence-corrected chi connectivity index (χ3v) is 8.39. The Morgan fingerprint density at radius 3 is 2.43 bits per heavy atom. The van der Waals surface area contributed by atoms with E-state index in [4.69, 9.17) is 0 Å². The van der Waals surface area contributed by atoms with E-state index in [-0.39, 0.29) is 24.3 Å². The first-order chi connectivity index (χ1) is 18.1. The number of amides is 4. The van der Waals surface area contributed by atoms with Crippen molar-refractivity contribution < 1.29 is 14.4 Å².